The quantitative estimate of drug-likeness (QED) is 0.440. The average Bonchev–Trinajstić information content (AvgIpc) is 3.38. The van der Waals surface area contributed by atoms with Crippen LogP contribution in [0, 0.1) is 0 Å². The smallest absolute Gasteiger partial charge is 0.406 e. The Morgan fingerprint density at radius 3 is 2.34 bits per heavy atom. The van der Waals surface area contributed by atoms with E-state index in [1.807, 2.05) is 36.5 Å². The Morgan fingerprint density at radius 2 is 1.69 bits per heavy atom. The Balaban J connectivity index is 1.43. The highest BCUT2D eigenvalue weighted by Gasteiger charge is 2.31. The van der Waals surface area contributed by atoms with Gasteiger partial charge in [-0.15, -0.1) is 18.3 Å². The Labute approximate surface area is 167 Å². The van der Waals surface area contributed by atoms with E-state index in [0.29, 0.717) is 16.6 Å². The van der Waals surface area contributed by atoms with Crippen LogP contribution in [-0.4, -0.2) is 36.4 Å². The molecule has 7 nitrogen and oxygen atoms in total. The van der Waals surface area contributed by atoms with Gasteiger partial charge in [-0.25, -0.2) is 4.68 Å². The molecule has 2 heterocycles. The Morgan fingerprint density at radius 1 is 0.966 bits per heavy atom. The molecule has 0 aliphatic rings. The largest absolute Gasteiger partial charge is 0.573 e. The fourth-order valence-corrected chi connectivity index (χ4v) is 3.38. The first kappa shape index (κ1) is 19.0. The van der Waals surface area contributed by atoms with Gasteiger partial charge >= 0.3 is 6.36 Å². The summed E-state index contributed by atoms with van der Waals surface area (Å²) in [6.07, 6.45) is -1.15. The second-order valence-corrected chi connectivity index (χ2v) is 6.76. The van der Waals surface area contributed by atoms with Crippen LogP contribution in [-0.2, 0) is 5.75 Å². The van der Waals surface area contributed by atoms with Gasteiger partial charge in [-0.05, 0) is 58.5 Å². The minimum Gasteiger partial charge on any atom is -0.406 e. The van der Waals surface area contributed by atoms with Gasteiger partial charge in [0.25, 0.3) is 0 Å². The number of rotatable bonds is 6. The summed E-state index contributed by atoms with van der Waals surface area (Å²) in [6, 6.07) is 15.1. The van der Waals surface area contributed by atoms with Crippen LogP contribution in [0.5, 0.6) is 5.75 Å². The molecule has 0 bridgehead atoms. The maximum Gasteiger partial charge on any atom is 0.573 e. The number of halogens is 3. The van der Waals surface area contributed by atoms with Gasteiger partial charge < -0.3 is 4.74 Å². The van der Waals surface area contributed by atoms with Gasteiger partial charge in [0.2, 0.25) is 5.16 Å². The highest BCUT2D eigenvalue weighted by Crippen LogP contribution is 2.26. The predicted molar refractivity (Wildman–Crippen MR) is 99.0 cm³/mol. The monoisotopic (exact) mass is 418 g/mol. The highest BCUT2D eigenvalue weighted by atomic mass is 32.2. The van der Waals surface area contributed by atoms with Crippen molar-refractivity contribution < 1.29 is 17.9 Å². The molecule has 29 heavy (non-hydrogen) atoms. The zero-order valence-electron chi connectivity index (χ0n) is 14.7. The third kappa shape index (κ3) is 4.74. The molecule has 4 aromatic rings. The SMILES string of the molecule is FC(F)(F)Oc1ccc(-n2nnnc2SCc2ccc(-n3cccn3)cc2)cc1. The first-order valence-electron chi connectivity index (χ1n) is 8.34. The van der Waals surface area contributed by atoms with Crippen LogP contribution in [0.1, 0.15) is 5.56 Å². The maximum atomic E-state index is 12.3. The van der Waals surface area contributed by atoms with E-state index >= 15 is 0 Å². The van der Waals surface area contributed by atoms with E-state index in [4.69, 9.17) is 0 Å². The fourth-order valence-electron chi connectivity index (χ4n) is 2.53. The second-order valence-electron chi connectivity index (χ2n) is 5.82. The first-order valence-corrected chi connectivity index (χ1v) is 9.33. The van der Waals surface area contributed by atoms with Crippen molar-refractivity contribution in [3.63, 3.8) is 0 Å². The molecule has 0 amide bonds. The van der Waals surface area contributed by atoms with Crippen molar-refractivity contribution in [2.75, 3.05) is 0 Å². The standard InChI is InChI=1S/C18H13F3N6OS/c19-18(20,21)28-16-8-6-15(7-9-16)27-17(23-24-25-27)29-12-13-2-4-14(5-3-13)26-11-1-10-22-26/h1-11H,12H2. The minimum absolute atomic E-state index is 0.305. The summed E-state index contributed by atoms with van der Waals surface area (Å²) >= 11 is 1.41. The van der Waals surface area contributed by atoms with Gasteiger partial charge in [-0.1, -0.05) is 23.9 Å². The first-order chi connectivity index (χ1) is 14.0. The third-order valence-corrected chi connectivity index (χ3v) is 4.82. The molecule has 0 saturated carbocycles. The lowest BCUT2D eigenvalue weighted by molar-refractivity contribution is -0.274. The maximum absolute atomic E-state index is 12.3. The molecule has 148 valence electrons. The van der Waals surface area contributed by atoms with Crippen LogP contribution in [0.4, 0.5) is 13.2 Å². The number of hydrogen-bond donors (Lipinski definition) is 0. The van der Waals surface area contributed by atoms with Crippen LogP contribution in [0.25, 0.3) is 11.4 Å². The Hall–Kier alpha value is -3.34. The summed E-state index contributed by atoms with van der Waals surface area (Å²) in [4.78, 5) is 0. The molecule has 0 aliphatic heterocycles. The van der Waals surface area contributed by atoms with Crippen molar-refractivity contribution in [3.05, 3.63) is 72.6 Å². The molecular formula is C18H13F3N6OS. The molecule has 0 saturated heterocycles. The number of tetrazole rings is 1. The lowest BCUT2D eigenvalue weighted by atomic mass is 10.2. The average molecular weight is 418 g/mol. The number of ether oxygens (including phenoxy) is 1. The summed E-state index contributed by atoms with van der Waals surface area (Å²) in [6.45, 7) is 0. The van der Waals surface area contributed by atoms with Crippen molar-refractivity contribution in [1.82, 2.24) is 30.0 Å². The minimum atomic E-state index is -4.73. The molecule has 0 N–H and O–H groups in total. The molecule has 11 heteroatoms. The number of benzene rings is 2. The van der Waals surface area contributed by atoms with E-state index in [-0.39, 0.29) is 5.75 Å². The Kier molecular flexibility index (Phi) is 5.21. The Bertz CT molecular complexity index is 1060. The molecule has 0 aliphatic carbocycles. The van der Waals surface area contributed by atoms with Crippen LogP contribution in [0.3, 0.4) is 0 Å². The molecule has 0 radical (unpaired) electrons. The molecule has 0 atom stereocenters. The predicted octanol–water partition coefficient (Wildman–Crippen LogP) is 4.04. The van der Waals surface area contributed by atoms with Crippen LogP contribution < -0.4 is 4.74 Å². The van der Waals surface area contributed by atoms with Crippen LogP contribution in [0.15, 0.2) is 72.1 Å². The zero-order chi connectivity index (χ0) is 20.3. The van der Waals surface area contributed by atoms with E-state index in [2.05, 4.69) is 25.4 Å². The van der Waals surface area contributed by atoms with Crippen LogP contribution in [0.2, 0.25) is 0 Å². The summed E-state index contributed by atoms with van der Waals surface area (Å²) in [5, 5.41) is 16.3. The van der Waals surface area contributed by atoms with E-state index in [1.165, 1.54) is 40.7 Å². The van der Waals surface area contributed by atoms with Crippen molar-refractivity contribution in [3.8, 4) is 17.1 Å². The fraction of sp³-hybridized carbons (Fsp3) is 0.111. The van der Waals surface area contributed by atoms with E-state index in [9.17, 15) is 13.2 Å². The number of nitrogens with zero attached hydrogens (tertiary/aromatic N) is 6. The van der Waals surface area contributed by atoms with Crippen LogP contribution >= 0.6 is 11.8 Å². The summed E-state index contributed by atoms with van der Waals surface area (Å²) < 4.78 is 43.9. The molecule has 2 aromatic carbocycles. The molecule has 0 spiro atoms. The highest BCUT2D eigenvalue weighted by molar-refractivity contribution is 7.98. The van der Waals surface area contributed by atoms with Crippen molar-refractivity contribution in [2.24, 2.45) is 0 Å². The van der Waals surface area contributed by atoms with E-state index in [1.54, 1.807) is 10.9 Å². The van der Waals surface area contributed by atoms with Crippen molar-refractivity contribution in [1.29, 1.82) is 0 Å². The summed E-state index contributed by atoms with van der Waals surface area (Å²) in [5.74, 6) is 0.315. The van der Waals surface area contributed by atoms with E-state index < -0.39 is 6.36 Å². The number of alkyl halides is 3. The molecular weight excluding hydrogens is 405 g/mol. The van der Waals surface area contributed by atoms with Gasteiger partial charge in [0.1, 0.15) is 5.75 Å². The van der Waals surface area contributed by atoms with Gasteiger partial charge in [0.15, 0.2) is 0 Å². The number of thioether (sulfide) groups is 1. The van der Waals surface area contributed by atoms with Gasteiger partial charge in [-0.2, -0.15) is 9.78 Å². The molecule has 2 aromatic heterocycles. The molecule has 0 unspecified atom stereocenters. The summed E-state index contributed by atoms with van der Waals surface area (Å²) in [5.41, 5.74) is 2.55. The van der Waals surface area contributed by atoms with Gasteiger partial charge in [0.05, 0.1) is 11.4 Å². The van der Waals surface area contributed by atoms with Gasteiger partial charge in [-0.3, -0.25) is 0 Å². The van der Waals surface area contributed by atoms with E-state index in [0.717, 1.165) is 11.3 Å². The molecule has 0 fully saturated rings. The van der Waals surface area contributed by atoms with Crippen molar-refractivity contribution >= 4 is 11.8 Å². The number of hydrogen-bond acceptors (Lipinski definition) is 6. The zero-order valence-corrected chi connectivity index (χ0v) is 15.5. The number of aromatic nitrogens is 6. The lowest BCUT2D eigenvalue weighted by Crippen LogP contribution is -2.17. The normalized spacial score (nSPS) is 11.6. The molecule has 4 rings (SSSR count). The lowest BCUT2D eigenvalue weighted by Gasteiger charge is -2.09. The summed E-state index contributed by atoms with van der Waals surface area (Å²) in [7, 11) is 0. The topological polar surface area (TPSA) is 70.7 Å². The third-order valence-electron chi connectivity index (χ3n) is 3.83. The second kappa shape index (κ2) is 7.95. The van der Waals surface area contributed by atoms with Gasteiger partial charge in [0, 0.05) is 18.1 Å². The van der Waals surface area contributed by atoms with Crippen molar-refractivity contribution in [2.45, 2.75) is 17.3 Å².